The van der Waals surface area contributed by atoms with Gasteiger partial charge in [-0.1, -0.05) is 54.2 Å². The molecule has 0 saturated heterocycles. The Morgan fingerprint density at radius 1 is 1.10 bits per heavy atom. The van der Waals surface area contributed by atoms with Gasteiger partial charge in [0.25, 0.3) is 0 Å². The SMILES string of the molecule is CCN(CC)C(=O)[C@H](Sc1nnc(-c2ccccc2F)n1C1CC1)c1ccccc1. The number of hydrogen-bond acceptors (Lipinski definition) is 4. The van der Waals surface area contributed by atoms with Crippen LogP contribution in [-0.4, -0.2) is 38.7 Å². The van der Waals surface area contributed by atoms with Crippen molar-refractivity contribution < 1.29 is 9.18 Å². The van der Waals surface area contributed by atoms with Crippen LogP contribution in [0.25, 0.3) is 11.4 Å². The van der Waals surface area contributed by atoms with Crippen molar-refractivity contribution in [1.29, 1.82) is 0 Å². The third kappa shape index (κ3) is 4.12. The molecule has 1 aliphatic rings. The van der Waals surface area contributed by atoms with Gasteiger partial charge in [-0.15, -0.1) is 10.2 Å². The Morgan fingerprint density at radius 2 is 1.77 bits per heavy atom. The normalized spacial score (nSPS) is 14.5. The summed E-state index contributed by atoms with van der Waals surface area (Å²) < 4.78 is 16.5. The zero-order valence-electron chi connectivity index (χ0n) is 17.2. The summed E-state index contributed by atoms with van der Waals surface area (Å²) in [7, 11) is 0. The lowest BCUT2D eigenvalue weighted by Crippen LogP contribution is -2.34. The molecule has 0 radical (unpaired) electrons. The maximum Gasteiger partial charge on any atom is 0.240 e. The van der Waals surface area contributed by atoms with Gasteiger partial charge in [-0.3, -0.25) is 9.36 Å². The van der Waals surface area contributed by atoms with Gasteiger partial charge in [-0.2, -0.15) is 0 Å². The van der Waals surface area contributed by atoms with Crippen LogP contribution in [0, 0.1) is 5.82 Å². The number of amides is 1. The number of thioether (sulfide) groups is 1. The lowest BCUT2D eigenvalue weighted by Gasteiger charge is -2.25. The number of nitrogens with zero attached hydrogens (tertiary/aromatic N) is 4. The monoisotopic (exact) mass is 424 g/mol. The smallest absolute Gasteiger partial charge is 0.240 e. The van der Waals surface area contributed by atoms with Crippen molar-refractivity contribution >= 4 is 17.7 Å². The quantitative estimate of drug-likeness (QED) is 0.471. The minimum atomic E-state index is -0.429. The summed E-state index contributed by atoms with van der Waals surface area (Å²) in [6.07, 6.45) is 2.01. The molecule has 0 aliphatic heterocycles. The first-order valence-corrected chi connectivity index (χ1v) is 11.2. The van der Waals surface area contributed by atoms with E-state index in [2.05, 4.69) is 10.2 Å². The van der Waals surface area contributed by atoms with Crippen LogP contribution in [0.3, 0.4) is 0 Å². The van der Waals surface area contributed by atoms with Crippen LogP contribution in [0.4, 0.5) is 4.39 Å². The Balaban J connectivity index is 1.73. The molecule has 1 heterocycles. The average molecular weight is 425 g/mol. The molecule has 2 aromatic carbocycles. The molecular formula is C23H25FN4OS. The summed E-state index contributed by atoms with van der Waals surface area (Å²) >= 11 is 1.40. The molecule has 1 aliphatic carbocycles. The highest BCUT2D eigenvalue weighted by Crippen LogP contribution is 2.44. The Labute approximate surface area is 180 Å². The Bertz CT molecular complexity index is 1020. The molecule has 1 atom stereocenters. The second kappa shape index (κ2) is 9.00. The molecule has 7 heteroatoms. The summed E-state index contributed by atoms with van der Waals surface area (Å²) in [5, 5.41) is 8.95. The van der Waals surface area contributed by atoms with E-state index in [0.717, 1.165) is 18.4 Å². The molecule has 30 heavy (non-hydrogen) atoms. The van der Waals surface area contributed by atoms with Crippen molar-refractivity contribution in [3.63, 3.8) is 0 Å². The van der Waals surface area contributed by atoms with E-state index >= 15 is 0 Å². The van der Waals surface area contributed by atoms with Crippen molar-refractivity contribution in [2.45, 2.75) is 43.1 Å². The number of rotatable bonds is 8. The largest absolute Gasteiger partial charge is 0.342 e. The Hall–Kier alpha value is -2.67. The van der Waals surface area contributed by atoms with Crippen LogP contribution in [0.1, 0.15) is 43.5 Å². The molecule has 4 rings (SSSR count). The van der Waals surface area contributed by atoms with Crippen LogP contribution in [-0.2, 0) is 4.79 Å². The van der Waals surface area contributed by atoms with Crippen molar-refractivity contribution in [2.24, 2.45) is 0 Å². The third-order valence-corrected chi connectivity index (χ3v) is 6.51. The van der Waals surface area contributed by atoms with E-state index in [-0.39, 0.29) is 17.8 Å². The van der Waals surface area contributed by atoms with E-state index in [1.807, 2.05) is 53.6 Å². The van der Waals surface area contributed by atoms with Gasteiger partial charge in [0.1, 0.15) is 11.1 Å². The second-order valence-electron chi connectivity index (χ2n) is 7.31. The molecule has 3 aromatic rings. The van der Waals surface area contributed by atoms with E-state index in [9.17, 15) is 9.18 Å². The number of benzene rings is 2. The van der Waals surface area contributed by atoms with E-state index in [4.69, 9.17) is 0 Å². The molecule has 0 unspecified atom stereocenters. The second-order valence-corrected chi connectivity index (χ2v) is 8.38. The molecule has 0 bridgehead atoms. The lowest BCUT2D eigenvalue weighted by atomic mass is 10.1. The van der Waals surface area contributed by atoms with E-state index in [1.54, 1.807) is 18.2 Å². The summed E-state index contributed by atoms with van der Waals surface area (Å²) in [6.45, 7) is 5.26. The first-order valence-electron chi connectivity index (χ1n) is 10.3. The zero-order valence-corrected chi connectivity index (χ0v) is 18.0. The minimum Gasteiger partial charge on any atom is -0.342 e. The molecule has 5 nitrogen and oxygen atoms in total. The van der Waals surface area contributed by atoms with E-state index in [1.165, 1.54) is 17.8 Å². The highest BCUT2D eigenvalue weighted by atomic mass is 32.2. The molecular weight excluding hydrogens is 399 g/mol. The van der Waals surface area contributed by atoms with Crippen LogP contribution < -0.4 is 0 Å². The van der Waals surface area contributed by atoms with Crippen molar-refractivity contribution in [3.05, 3.63) is 66.0 Å². The summed E-state index contributed by atoms with van der Waals surface area (Å²) in [6, 6.07) is 16.6. The van der Waals surface area contributed by atoms with Gasteiger partial charge >= 0.3 is 0 Å². The molecule has 1 fully saturated rings. The summed E-state index contributed by atoms with van der Waals surface area (Å²) in [4.78, 5) is 15.2. The van der Waals surface area contributed by atoms with E-state index in [0.29, 0.717) is 29.6 Å². The maximum atomic E-state index is 14.5. The number of hydrogen-bond donors (Lipinski definition) is 0. The van der Waals surface area contributed by atoms with Gasteiger partial charge < -0.3 is 4.90 Å². The molecule has 156 valence electrons. The maximum absolute atomic E-state index is 14.5. The van der Waals surface area contributed by atoms with Gasteiger partial charge in [-0.05, 0) is 44.4 Å². The van der Waals surface area contributed by atoms with Gasteiger partial charge in [0.15, 0.2) is 11.0 Å². The Kier molecular flexibility index (Phi) is 6.18. The summed E-state index contributed by atoms with van der Waals surface area (Å²) in [5.74, 6) is 0.261. The zero-order chi connectivity index (χ0) is 21.1. The molecule has 1 saturated carbocycles. The molecule has 1 aromatic heterocycles. The minimum absolute atomic E-state index is 0.0500. The number of aromatic nitrogens is 3. The van der Waals surface area contributed by atoms with E-state index < -0.39 is 5.25 Å². The van der Waals surface area contributed by atoms with Crippen molar-refractivity contribution in [1.82, 2.24) is 19.7 Å². The van der Waals surface area contributed by atoms with Gasteiger partial charge in [0.2, 0.25) is 5.91 Å². The van der Waals surface area contributed by atoms with Gasteiger partial charge in [0, 0.05) is 19.1 Å². The number of halogens is 1. The van der Waals surface area contributed by atoms with Crippen LogP contribution in [0.15, 0.2) is 59.8 Å². The average Bonchev–Trinajstić information content (AvgIpc) is 3.53. The fraction of sp³-hybridized carbons (Fsp3) is 0.348. The molecule has 0 N–H and O–H groups in total. The Morgan fingerprint density at radius 3 is 2.40 bits per heavy atom. The topological polar surface area (TPSA) is 51.0 Å². The van der Waals surface area contributed by atoms with Crippen LogP contribution >= 0.6 is 11.8 Å². The first kappa shape index (κ1) is 20.6. The van der Waals surface area contributed by atoms with Crippen LogP contribution in [0.2, 0.25) is 0 Å². The van der Waals surface area contributed by atoms with Gasteiger partial charge in [-0.25, -0.2) is 4.39 Å². The molecule has 0 spiro atoms. The predicted molar refractivity (Wildman–Crippen MR) is 117 cm³/mol. The number of carbonyl (C=O) groups excluding carboxylic acids is 1. The lowest BCUT2D eigenvalue weighted by molar-refractivity contribution is -0.130. The predicted octanol–water partition coefficient (Wildman–Crippen LogP) is 5.12. The highest BCUT2D eigenvalue weighted by molar-refractivity contribution is 8.00. The highest BCUT2D eigenvalue weighted by Gasteiger charge is 2.34. The fourth-order valence-corrected chi connectivity index (χ4v) is 4.73. The van der Waals surface area contributed by atoms with Gasteiger partial charge in [0.05, 0.1) is 5.56 Å². The summed E-state index contributed by atoms with van der Waals surface area (Å²) in [5.41, 5.74) is 1.37. The fourth-order valence-electron chi connectivity index (χ4n) is 3.54. The van der Waals surface area contributed by atoms with Crippen LogP contribution in [0.5, 0.6) is 0 Å². The first-order chi connectivity index (χ1) is 14.6. The number of carbonyl (C=O) groups is 1. The number of likely N-dealkylation sites (N-methyl/N-ethyl adjacent to an activating group) is 1. The third-order valence-electron chi connectivity index (χ3n) is 5.32. The standard InChI is InChI=1S/C23H25FN4OS/c1-3-27(4-2)22(29)20(16-10-6-5-7-11-16)30-23-26-25-21(28(23)17-14-15-17)18-12-8-9-13-19(18)24/h5-13,17,20H,3-4,14-15H2,1-2H3/t20-/m1/s1. The molecule has 1 amide bonds. The van der Waals surface area contributed by atoms with Crippen molar-refractivity contribution in [3.8, 4) is 11.4 Å². The van der Waals surface area contributed by atoms with Crippen molar-refractivity contribution in [2.75, 3.05) is 13.1 Å².